The van der Waals surface area contributed by atoms with Crippen molar-refractivity contribution in [1.29, 1.82) is 0 Å². The van der Waals surface area contributed by atoms with E-state index in [1.54, 1.807) is 4.31 Å². The Labute approximate surface area is 156 Å². The lowest BCUT2D eigenvalue weighted by molar-refractivity contribution is 0.185. The molecule has 0 radical (unpaired) electrons. The summed E-state index contributed by atoms with van der Waals surface area (Å²) >= 11 is 0. The van der Waals surface area contributed by atoms with Crippen LogP contribution in [-0.2, 0) is 28.7 Å². The van der Waals surface area contributed by atoms with Gasteiger partial charge in [0.15, 0.2) is 0 Å². The van der Waals surface area contributed by atoms with E-state index in [9.17, 15) is 8.42 Å². The number of nitrogens with zero attached hydrogens (tertiary/aromatic N) is 2. The second-order valence-electron chi connectivity index (χ2n) is 7.53. The van der Waals surface area contributed by atoms with Gasteiger partial charge in [0.05, 0.1) is 5.75 Å². The molecule has 4 nitrogen and oxygen atoms in total. The number of fused-ring (bicyclic) bond motifs is 1. The van der Waals surface area contributed by atoms with Crippen molar-refractivity contribution < 1.29 is 8.42 Å². The van der Waals surface area contributed by atoms with Crippen LogP contribution >= 0.6 is 0 Å². The number of rotatable bonds is 4. The molecule has 1 atom stereocenters. The van der Waals surface area contributed by atoms with Crippen molar-refractivity contribution in [3.05, 3.63) is 70.8 Å². The van der Waals surface area contributed by atoms with Gasteiger partial charge >= 0.3 is 0 Å². The van der Waals surface area contributed by atoms with Gasteiger partial charge in [-0.05, 0) is 36.5 Å². The minimum absolute atomic E-state index is 0.101. The maximum Gasteiger partial charge on any atom is 0.218 e. The Hall–Kier alpha value is -1.69. The molecule has 0 spiro atoms. The van der Waals surface area contributed by atoms with Crippen molar-refractivity contribution in [2.45, 2.75) is 38.1 Å². The third-order valence-corrected chi connectivity index (χ3v) is 7.44. The lowest BCUT2D eigenvalue weighted by Crippen LogP contribution is -2.41. The van der Waals surface area contributed by atoms with Crippen LogP contribution in [0.3, 0.4) is 0 Å². The first kappa shape index (κ1) is 17.7. The maximum atomic E-state index is 12.8. The lowest BCUT2D eigenvalue weighted by atomic mass is 9.98. The second kappa shape index (κ2) is 7.14. The molecule has 0 N–H and O–H groups in total. The molecule has 0 saturated carbocycles. The molecule has 1 unspecified atom stereocenters. The molecule has 1 fully saturated rings. The molecule has 2 aromatic rings. The zero-order chi connectivity index (χ0) is 18.1. The van der Waals surface area contributed by atoms with Gasteiger partial charge in [0.2, 0.25) is 10.0 Å². The highest BCUT2D eigenvalue weighted by Crippen LogP contribution is 2.26. The number of aryl methyl sites for hydroxylation is 1. The van der Waals surface area contributed by atoms with Gasteiger partial charge < -0.3 is 0 Å². The topological polar surface area (TPSA) is 40.6 Å². The highest BCUT2D eigenvalue weighted by molar-refractivity contribution is 7.88. The summed E-state index contributed by atoms with van der Waals surface area (Å²) in [6, 6.07) is 16.7. The molecule has 138 valence electrons. The Morgan fingerprint density at radius 3 is 2.65 bits per heavy atom. The summed E-state index contributed by atoms with van der Waals surface area (Å²) in [6.45, 7) is 5.21. The van der Waals surface area contributed by atoms with E-state index in [-0.39, 0.29) is 5.75 Å². The number of benzene rings is 2. The summed E-state index contributed by atoms with van der Waals surface area (Å²) in [5.74, 6) is 0.101. The van der Waals surface area contributed by atoms with E-state index in [1.165, 1.54) is 11.1 Å². The maximum absolute atomic E-state index is 12.8. The van der Waals surface area contributed by atoms with Crippen molar-refractivity contribution in [2.24, 2.45) is 0 Å². The van der Waals surface area contributed by atoms with E-state index < -0.39 is 10.0 Å². The zero-order valence-electron chi connectivity index (χ0n) is 15.3. The van der Waals surface area contributed by atoms with Crippen LogP contribution in [0, 0.1) is 6.92 Å². The van der Waals surface area contributed by atoms with E-state index >= 15 is 0 Å². The Kier molecular flexibility index (Phi) is 4.86. The first-order valence-corrected chi connectivity index (χ1v) is 11.0. The Bertz CT molecular complexity index is 894. The molecule has 2 heterocycles. The summed E-state index contributed by atoms with van der Waals surface area (Å²) in [5.41, 5.74) is 4.80. The van der Waals surface area contributed by atoms with Crippen molar-refractivity contribution in [1.82, 2.24) is 9.21 Å². The van der Waals surface area contributed by atoms with Crippen molar-refractivity contribution >= 4 is 10.0 Å². The third-order valence-electron chi connectivity index (χ3n) is 5.63. The van der Waals surface area contributed by atoms with Crippen LogP contribution in [0.5, 0.6) is 0 Å². The first-order chi connectivity index (χ1) is 12.5. The zero-order valence-corrected chi connectivity index (χ0v) is 16.1. The first-order valence-electron chi connectivity index (χ1n) is 9.35. The van der Waals surface area contributed by atoms with Gasteiger partial charge in [-0.15, -0.1) is 0 Å². The average molecular weight is 371 g/mol. The fourth-order valence-electron chi connectivity index (χ4n) is 4.19. The average Bonchev–Trinajstić information content (AvgIpc) is 3.12. The van der Waals surface area contributed by atoms with Gasteiger partial charge in [-0.2, -0.15) is 0 Å². The number of sulfonamides is 1. The number of hydrogen-bond donors (Lipinski definition) is 0. The highest BCUT2D eigenvalue weighted by Gasteiger charge is 2.35. The Morgan fingerprint density at radius 2 is 1.85 bits per heavy atom. The monoisotopic (exact) mass is 370 g/mol. The molecule has 5 heteroatoms. The minimum Gasteiger partial charge on any atom is -0.294 e. The molecule has 4 rings (SSSR count). The SMILES string of the molecule is Cc1cccc(CS(=O)(=O)N2CCC(N3CCc4ccccc4C3)C2)c1. The van der Waals surface area contributed by atoms with Crippen LogP contribution in [0.1, 0.15) is 28.7 Å². The van der Waals surface area contributed by atoms with E-state index in [1.807, 2.05) is 31.2 Å². The van der Waals surface area contributed by atoms with Crippen LogP contribution in [0.2, 0.25) is 0 Å². The minimum atomic E-state index is -3.26. The fraction of sp³-hybridized carbons (Fsp3) is 0.429. The van der Waals surface area contributed by atoms with Crippen LogP contribution in [0.25, 0.3) is 0 Å². The van der Waals surface area contributed by atoms with Crippen molar-refractivity contribution in [3.63, 3.8) is 0 Å². The van der Waals surface area contributed by atoms with Crippen LogP contribution in [-0.4, -0.2) is 43.3 Å². The van der Waals surface area contributed by atoms with Crippen LogP contribution < -0.4 is 0 Å². The van der Waals surface area contributed by atoms with Crippen LogP contribution in [0.4, 0.5) is 0 Å². The van der Waals surface area contributed by atoms with Crippen molar-refractivity contribution in [3.8, 4) is 0 Å². The third kappa shape index (κ3) is 3.70. The predicted octanol–water partition coefficient (Wildman–Crippen LogP) is 2.96. The summed E-state index contributed by atoms with van der Waals surface area (Å²) in [6.07, 6.45) is 1.98. The summed E-state index contributed by atoms with van der Waals surface area (Å²) in [4.78, 5) is 2.46. The van der Waals surface area contributed by atoms with E-state index in [0.29, 0.717) is 19.1 Å². The number of hydrogen-bond acceptors (Lipinski definition) is 3. The van der Waals surface area contributed by atoms with Gasteiger partial charge in [0, 0.05) is 32.2 Å². The fourth-order valence-corrected chi connectivity index (χ4v) is 5.76. The van der Waals surface area contributed by atoms with Gasteiger partial charge in [0.25, 0.3) is 0 Å². The Morgan fingerprint density at radius 1 is 1.04 bits per heavy atom. The molecule has 0 aromatic heterocycles. The quantitative estimate of drug-likeness (QED) is 0.831. The smallest absolute Gasteiger partial charge is 0.218 e. The highest BCUT2D eigenvalue weighted by atomic mass is 32.2. The largest absolute Gasteiger partial charge is 0.294 e. The van der Waals surface area contributed by atoms with E-state index in [0.717, 1.165) is 37.1 Å². The Balaban J connectivity index is 1.42. The summed E-state index contributed by atoms with van der Waals surface area (Å²) in [7, 11) is -3.26. The van der Waals surface area contributed by atoms with E-state index in [2.05, 4.69) is 29.2 Å². The second-order valence-corrected chi connectivity index (χ2v) is 9.50. The molecule has 26 heavy (non-hydrogen) atoms. The molecule has 0 amide bonds. The molecule has 0 bridgehead atoms. The van der Waals surface area contributed by atoms with Crippen LogP contribution in [0.15, 0.2) is 48.5 Å². The van der Waals surface area contributed by atoms with E-state index in [4.69, 9.17) is 0 Å². The molecule has 2 aliphatic heterocycles. The predicted molar refractivity (Wildman–Crippen MR) is 104 cm³/mol. The normalized spacial score (nSPS) is 21.7. The van der Waals surface area contributed by atoms with Gasteiger partial charge in [-0.25, -0.2) is 12.7 Å². The lowest BCUT2D eigenvalue weighted by Gasteiger charge is -2.33. The molecule has 2 aromatic carbocycles. The molecule has 2 aliphatic rings. The van der Waals surface area contributed by atoms with Gasteiger partial charge in [-0.3, -0.25) is 4.90 Å². The molecule has 1 saturated heterocycles. The van der Waals surface area contributed by atoms with Crippen molar-refractivity contribution in [2.75, 3.05) is 19.6 Å². The molecular formula is C21H26N2O2S. The standard InChI is InChI=1S/C21H26N2O2S/c1-17-5-4-6-18(13-17)16-26(24,25)23-12-10-21(15-23)22-11-9-19-7-2-3-8-20(19)14-22/h2-8,13,21H,9-12,14-16H2,1H3. The summed E-state index contributed by atoms with van der Waals surface area (Å²) < 4.78 is 27.4. The molecular weight excluding hydrogens is 344 g/mol. The van der Waals surface area contributed by atoms with Gasteiger partial charge in [0.1, 0.15) is 0 Å². The summed E-state index contributed by atoms with van der Waals surface area (Å²) in [5, 5.41) is 0. The van der Waals surface area contributed by atoms with Gasteiger partial charge in [-0.1, -0.05) is 54.1 Å². The molecule has 0 aliphatic carbocycles.